The second kappa shape index (κ2) is 9.82. The molecule has 1 saturated carbocycles. The maximum absolute atomic E-state index is 5.55. The molecule has 6 heteroatoms. The normalized spacial score (nSPS) is 14.7. The number of rotatable bonds is 7. The number of halogens is 1. The summed E-state index contributed by atoms with van der Waals surface area (Å²) in [5.74, 6) is 2.64. The van der Waals surface area contributed by atoms with Crippen LogP contribution in [-0.4, -0.2) is 33.8 Å². The quantitative estimate of drug-likeness (QED) is 0.360. The molecule has 2 aromatic rings. The topological polar surface area (TPSA) is 54.9 Å². The first kappa shape index (κ1) is 21.3. The Hall–Kier alpha value is -1.96. The SMILES string of the molecule is CN=C(NCc1ccc(OC)cc1)NCC1(c2ccccc2OC)CC1.I. The van der Waals surface area contributed by atoms with Gasteiger partial charge in [0.05, 0.1) is 14.2 Å². The van der Waals surface area contributed by atoms with Crippen molar-refractivity contribution in [1.82, 2.24) is 10.6 Å². The molecule has 0 saturated heterocycles. The molecule has 5 nitrogen and oxygen atoms in total. The van der Waals surface area contributed by atoms with E-state index < -0.39 is 0 Å². The van der Waals surface area contributed by atoms with Crippen LogP contribution < -0.4 is 20.1 Å². The van der Waals surface area contributed by atoms with Crippen LogP contribution in [0.3, 0.4) is 0 Å². The maximum atomic E-state index is 5.55. The monoisotopic (exact) mass is 481 g/mol. The van der Waals surface area contributed by atoms with Crippen molar-refractivity contribution in [3.05, 3.63) is 59.7 Å². The summed E-state index contributed by atoms with van der Waals surface area (Å²) in [6.45, 7) is 1.56. The van der Waals surface area contributed by atoms with Gasteiger partial charge in [0, 0.05) is 31.1 Å². The number of aliphatic imine (C=N–C) groups is 1. The first-order valence-electron chi connectivity index (χ1n) is 8.92. The first-order valence-corrected chi connectivity index (χ1v) is 8.92. The molecule has 0 bridgehead atoms. The summed E-state index contributed by atoms with van der Waals surface area (Å²) in [6, 6.07) is 16.3. The zero-order valence-corrected chi connectivity index (χ0v) is 18.4. The Balaban J connectivity index is 0.00000261. The Morgan fingerprint density at radius 1 is 1.00 bits per heavy atom. The van der Waals surface area contributed by atoms with Gasteiger partial charge in [0.25, 0.3) is 0 Å². The minimum Gasteiger partial charge on any atom is -0.497 e. The van der Waals surface area contributed by atoms with Crippen LogP contribution in [0.4, 0.5) is 0 Å². The molecule has 1 aliphatic carbocycles. The van der Waals surface area contributed by atoms with Gasteiger partial charge in [-0.25, -0.2) is 0 Å². The van der Waals surface area contributed by atoms with Crippen LogP contribution in [0.25, 0.3) is 0 Å². The highest BCUT2D eigenvalue weighted by molar-refractivity contribution is 14.0. The van der Waals surface area contributed by atoms with E-state index in [9.17, 15) is 0 Å². The number of nitrogens with zero attached hydrogens (tertiary/aromatic N) is 1. The Morgan fingerprint density at radius 3 is 2.30 bits per heavy atom. The average molecular weight is 481 g/mol. The molecule has 0 amide bonds. The van der Waals surface area contributed by atoms with Gasteiger partial charge in [-0.2, -0.15) is 0 Å². The molecule has 1 fully saturated rings. The molecule has 27 heavy (non-hydrogen) atoms. The highest BCUT2D eigenvalue weighted by Gasteiger charge is 2.46. The number of guanidine groups is 1. The van der Waals surface area contributed by atoms with Crippen LogP contribution in [-0.2, 0) is 12.0 Å². The van der Waals surface area contributed by atoms with Gasteiger partial charge in [-0.05, 0) is 36.6 Å². The fourth-order valence-electron chi connectivity index (χ4n) is 3.18. The highest BCUT2D eigenvalue weighted by atomic mass is 127. The van der Waals surface area contributed by atoms with Crippen molar-refractivity contribution in [2.75, 3.05) is 27.8 Å². The maximum Gasteiger partial charge on any atom is 0.191 e. The van der Waals surface area contributed by atoms with Crippen molar-refractivity contribution >= 4 is 29.9 Å². The van der Waals surface area contributed by atoms with E-state index in [1.54, 1.807) is 21.3 Å². The van der Waals surface area contributed by atoms with E-state index in [-0.39, 0.29) is 29.4 Å². The van der Waals surface area contributed by atoms with Crippen molar-refractivity contribution < 1.29 is 9.47 Å². The number of ether oxygens (including phenoxy) is 2. The van der Waals surface area contributed by atoms with E-state index in [0.717, 1.165) is 36.8 Å². The largest absolute Gasteiger partial charge is 0.497 e. The van der Waals surface area contributed by atoms with Crippen molar-refractivity contribution in [1.29, 1.82) is 0 Å². The van der Waals surface area contributed by atoms with E-state index in [2.05, 4.69) is 39.9 Å². The van der Waals surface area contributed by atoms with Crippen LogP contribution >= 0.6 is 24.0 Å². The molecule has 0 radical (unpaired) electrons. The smallest absolute Gasteiger partial charge is 0.191 e. The summed E-state index contributed by atoms with van der Waals surface area (Å²) in [5.41, 5.74) is 2.60. The predicted molar refractivity (Wildman–Crippen MR) is 121 cm³/mol. The summed E-state index contributed by atoms with van der Waals surface area (Å²) in [6.07, 6.45) is 2.33. The Kier molecular flexibility index (Phi) is 7.77. The minimum atomic E-state index is 0. The average Bonchev–Trinajstić information content (AvgIpc) is 3.49. The van der Waals surface area contributed by atoms with Crippen LogP contribution in [0, 0.1) is 0 Å². The lowest BCUT2D eigenvalue weighted by Gasteiger charge is -2.21. The van der Waals surface area contributed by atoms with E-state index in [1.807, 2.05) is 24.3 Å². The predicted octanol–water partition coefficient (Wildman–Crippen LogP) is 3.72. The number of methoxy groups -OCH3 is 2. The summed E-state index contributed by atoms with van der Waals surface area (Å²) >= 11 is 0. The molecule has 0 aliphatic heterocycles. The van der Waals surface area contributed by atoms with Crippen molar-refractivity contribution in [3.8, 4) is 11.5 Å². The van der Waals surface area contributed by atoms with E-state index in [4.69, 9.17) is 9.47 Å². The van der Waals surface area contributed by atoms with Gasteiger partial charge in [0.15, 0.2) is 5.96 Å². The Morgan fingerprint density at radius 2 is 1.70 bits per heavy atom. The summed E-state index contributed by atoms with van der Waals surface area (Å²) < 4.78 is 10.7. The third kappa shape index (κ3) is 5.28. The standard InChI is InChI=1S/C21H27N3O2.HI/c1-22-20(23-14-16-8-10-17(25-2)11-9-16)24-15-21(12-13-21)18-6-4-5-7-19(18)26-3;/h4-11H,12-15H2,1-3H3,(H2,22,23,24);1H. The van der Waals surface area contributed by atoms with Gasteiger partial charge >= 0.3 is 0 Å². The molecule has 3 rings (SSSR count). The zero-order chi connectivity index (χ0) is 18.4. The van der Waals surface area contributed by atoms with Gasteiger partial charge in [-0.1, -0.05) is 30.3 Å². The molecule has 0 aromatic heterocycles. The van der Waals surface area contributed by atoms with Gasteiger partial charge < -0.3 is 20.1 Å². The van der Waals surface area contributed by atoms with Gasteiger partial charge in [-0.3, -0.25) is 4.99 Å². The molecule has 1 aliphatic rings. The lowest BCUT2D eigenvalue weighted by atomic mass is 9.95. The molecule has 0 atom stereocenters. The number of hydrogen-bond acceptors (Lipinski definition) is 3. The molecule has 0 spiro atoms. The lowest BCUT2D eigenvalue weighted by molar-refractivity contribution is 0.403. The third-order valence-corrected chi connectivity index (χ3v) is 4.97. The van der Waals surface area contributed by atoms with Crippen LogP contribution in [0.2, 0.25) is 0 Å². The van der Waals surface area contributed by atoms with Crippen LogP contribution in [0.15, 0.2) is 53.5 Å². The molecule has 0 heterocycles. The second-order valence-corrected chi connectivity index (χ2v) is 6.61. The Bertz CT molecular complexity index is 758. The number of para-hydroxylation sites is 1. The van der Waals surface area contributed by atoms with Crippen molar-refractivity contribution in [2.24, 2.45) is 4.99 Å². The molecule has 2 aromatic carbocycles. The van der Waals surface area contributed by atoms with Gasteiger partial charge in [-0.15, -0.1) is 24.0 Å². The zero-order valence-electron chi connectivity index (χ0n) is 16.1. The minimum absolute atomic E-state index is 0. The molecule has 2 N–H and O–H groups in total. The molecular weight excluding hydrogens is 453 g/mol. The Labute approximate surface area is 178 Å². The third-order valence-electron chi connectivity index (χ3n) is 4.97. The molecule has 0 unspecified atom stereocenters. The van der Waals surface area contributed by atoms with Crippen molar-refractivity contribution in [3.63, 3.8) is 0 Å². The summed E-state index contributed by atoms with van der Waals surface area (Å²) in [4.78, 5) is 4.34. The highest BCUT2D eigenvalue weighted by Crippen LogP contribution is 2.50. The lowest BCUT2D eigenvalue weighted by Crippen LogP contribution is -2.41. The first-order chi connectivity index (χ1) is 12.7. The summed E-state index contributed by atoms with van der Waals surface area (Å²) in [5, 5.41) is 6.84. The molecular formula is C21H28IN3O2. The van der Waals surface area contributed by atoms with E-state index >= 15 is 0 Å². The van der Waals surface area contributed by atoms with Crippen LogP contribution in [0.1, 0.15) is 24.0 Å². The number of nitrogens with one attached hydrogen (secondary N) is 2. The van der Waals surface area contributed by atoms with E-state index in [0.29, 0.717) is 6.54 Å². The fraction of sp³-hybridized carbons (Fsp3) is 0.381. The van der Waals surface area contributed by atoms with Gasteiger partial charge in [0.2, 0.25) is 0 Å². The summed E-state index contributed by atoms with van der Waals surface area (Å²) in [7, 11) is 5.21. The number of benzene rings is 2. The van der Waals surface area contributed by atoms with Gasteiger partial charge in [0.1, 0.15) is 11.5 Å². The fourth-order valence-corrected chi connectivity index (χ4v) is 3.18. The van der Waals surface area contributed by atoms with E-state index in [1.165, 1.54) is 11.1 Å². The van der Waals surface area contributed by atoms with Crippen LogP contribution in [0.5, 0.6) is 11.5 Å². The number of hydrogen-bond donors (Lipinski definition) is 2. The van der Waals surface area contributed by atoms with Crippen molar-refractivity contribution in [2.45, 2.75) is 24.8 Å². The second-order valence-electron chi connectivity index (χ2n) is 6.61. The molecule has 146 valence electrons.